The van der Waals surface area contributed by atoms with E-state index < -0.39 is 17.6 Å². The lowest BCUT2D eigenvalue weighted by molar-refractivity contribution is -0.137. The Bertz CT molecular complexity index is 506. The largest absolute Gasteiger partial charge is 0.416 e. The summed E-state index contributed by atoms with van der Waals surface area (Å²) in [5.74, 6) is -0.460. The minimum Gasteiger partial charge on any atom is -0.376 e. The Kier molecular flexibility index (Phi) is 4.75. The van der Waals surface area contributed by atoms with Crippen molar-refractivity contribution in [2.75, 3.05) is 18.4 Å². The maximum atomic E-state index is 12.5. The molecule has 0 unspecified atom stereocenters. The van der Waals surface area contributed by atoms with Crippen LogP contribution in [0.25, 0.3) is 0 Å². The van der Waals surface area contributed by atoms with Crippen molar-refractivity contribution in [2.45, 2.75) is 13.1 Å². The summed E-state index contributed by atoms with van der Waals surface area (Å²) in [6.07, 6.45) is -4.42. The lowest BCUT2D eigenvalue weighted by Crippen LogP contribution is -2.30. The molecule has 0 aliphatic rings. The smallest absolute Gasteiger partial charge is 0.376 e. The van der Waals surface area contributed by atoms with Gasteiger partial charge in [-0.2, -0.15) is 18.4 Å². The number of nitrogens with one attached hydrogen (secondary N) is 2. The molecule has 0 atom stereocenters. The normalized spacial score (nSPS) is 10.7. The van der Waals surface area contributed by atoms with Gasteiger partial charge in [0.1, 0.15) is 6.54 Å². The van der Waals surface area contributed by atoms with Gasteiger partial charge in [0.2, 0.25) is 5.91 Å². The van der Waals surface area contributed by atoms with Gasteiger partial charge >= 0.3 is 6.18 Å². The average Bonchev–Trinajstić information content (AvgIpc) is 2.33. The Morgan fingerprint density at radius 2 is 2.11 bits per heavy atom. The minimum atomic E-state index is -4.42. The fourth-order valence-corrected chi connectivity index (χ4v) is 1.36. The second-order valence-corrected chi connectivity index (χ2v) is 3.82. The number of alkyl halides is 3. The number of hydrogen-bond donors (Lipinski definition) is 2. The number of benzene rings is 1. The topological polar surface area (TPSA) is 64.9 Å². The highest BCUT2D eigenvalue weighted by Crippen LogP contribution is 2.31. The molecule has 0 heterocycles. The van der Waals surface area contributed by atoms with Crippen LogP contribution in [0, 0.1) is 18.3 Å². The van der Waals surface area contributed by atoms with E-state index in [4.69, 9.17) is 5.26 Å². The highest BCUT2D eigenvalue weighted by atomic mass is 19.4. The van der Waals surface area contributed by atoms with Crippen LogP contribution in [0.15, 0.2) is 18.2 Å². The van der Waals surface area contributed by atoms with Gasteiger partial charge in [-0.25, -0.2) is 0 Å². The number of rotatable bonds is 4. The SMILES string of the molecule is Cc1ccc(C(F)(F)F)cc1NCC(=O)NCC#N. The molecule has 1 aromatic rings. The molecule has 2 N–H and O–H groups in total. The zero-order chi connectivity index (χ0) is 14.5. The summed E-state index contributed by atoms with van der Waals surface area (Å²) in [5.41, 5.74) is 0.0565. The summed E-state index contributed by atoms with van der Waals surface area (Å²) >= 11 is 0. The average molecular weight is 271 g/mol. The lowest BCUT2D eigenvalue weighted by Gasteiger charge is -2.13. The first-order valence-corrected chi connectivity index (χ1v) is 5.40. The molecule has 0 saturated carbocycles. The number of nitrogens with zero attached hydrogens (tertiary/aromatic N) is 1. The zero-order valence-electron chi connectivity index (χ0n) is 10.1. The standard InChI is InChI=1S/C12H12F3N3O/c1-8-2-3-9(12(13,14)15)6-10(8)18-7-11(19)17-5-4-16/h2-3,6,18H,5,7H2,1H3,(H,17,19). The fraction of sp³-hybridized carbons (Fsp3) is 0.333. The third-order valence-electron chi connectivity index (χ3n) is 2.37. The summed E-state index contributed by atoms with van der Waals surface area (Å²) in [6.45, 7) is 1.31. The number of anilines is 1. The maximum Gasteiger partial charge on any atom is 0.416 e. The molecular formula is C12H12F3N3O. The van der Waals surface area contributed by atoms with E-state index in [0.29, 0.717) is 5.56 Å². The molecule has 0 bridgehead atoms. The number of halogens is 3. The van der Waals surface area contributed by atoms with Crippen molar-refractivity contribution in [1.82, 2.24) is 5.32 Å². The van der Waals surface area contributed by atoms with Crippen LogP contribution >= 0.6 is 0 Å². The monoisotopic (exact) mass is 271 g/mol. The van der Waals surface area contributed by atoms with E-state index in [9.17, 15) is 18.0 Å². The molecule has 1 amide bonds. The Labute approximate surface area is 108 Å². The molecule has 0 fully saturated rings. The molecule has 1 rings (SSSR count). The van der Waals surface area contributed by atoms with Gasteiger partial charge in [-0.15, -0.1) is 0 Å². The molecule has 0 spiro atoms. The van der Waals surface area contributed by atoms with Crippen molar-refractivity contribution in [3.63, 3.8) is 0 Å². The zero-order valence-corrected chi connectivity index (χ0v) is 10.1. The Balaban J connectivity index is 2.73. The third kappa shape index (κ3) is 4.50. The second-order valence-electron chi connectivity index (χ2n) is 3.82. The first-order valence-electron chi connectivity index (χ1n) is 5.40. The van der Waals surface area contributed by atoms with Crippen LogP contribution in [0.5, 0.6) is 0 Å². The number of amides is 1. The van der Waals surface area contributed by atoms with Crippen LogP contribution in [0.4, 0.5) is 18.9 Å². The third-order valence-corrected chi connectivity index (χ3v) is 2.37. The number of carbonyl (C=O) groups is 1. The molecule has 19 heavy (non-hydrogen) atoms. The molecule has 102 valence electrons. The molecule has 7 heteroatoms. The number of nitriles is 1. The van der Waals surface area contributed by atoms with Gasteiger partial charge in [-0.05, 0) is 24.6 Å². The fourth-order valence-electron chi connectivity index (χ4n) is 1.36. The summed E-state index contributed by atoms with van der Waals surface area (Å²) < 4.78 is 37.6. The van der Waals surface area contributed by atoms with Gasteiger partial charge < -0.3 is 10.6 Å². The Morgan fingerprint density at radius 1 is 1.42 bits per heavy atom. The van der Waals surface area contributed by atoms with Gasteiger partial charge in [0.25, 0.3) is 0 Å². The molecule has 0 radical (unpaired) electrons. The van der Waals surface area contributed by atoms with Crippen molar-refractivity contribution in [2.24, 2.45) is 0 Å². The van der Waals surface area contributed by atoms with Crippen LogP contribution in [0.2, 0.25) is 0 Å². The minimum absolute atomic E-state index is 0.137. The Hall–Kier alpha value is -2.23. The molecular weight excluding hydrogens is 259 g/mol. The molecule has 4 nitrogen and oxygen atoms in total. The van der Waals surface area contributed by atoms with Crippen LogP contribution in [0.3, 0.4) is 0 Å². The lowest BCUT2D eigenvalue weighted by atomic mass is 10.1. The van der Waals surface area contributed by atoms with Crippen molar-refractivity contribution < 1.29 is 18.0 Å². The van der Waals surface area contributed by atoms with Crippen molar-refractivity contribution >= 4 is 11.6 Å². The van der Waals surface area contributed by atoms with E-state index in [1.54, 1.807) is 13.0 Å². The van der Waals surface area contributed by atoms with Gasteiger partial charge in [0, 0.05) is 5.69 Å². The molecule has 1 aromatic carbocycles. The predicted octanol–water partition coefficient (Wildman–Crippen LogP) is 2.07. The Morgan fingerprint density at radius 3 is 2.68 bits per heavy atom. The first kappa shape index (κ1) is 14.8. The first-order chi connectivity index (χ1) is 8.84. The van der Waals surface area contributed by atoms with E-state index in [-0.39, 0.29) is 18.8 Å². The molecule has 0 aromatic heterocycles. The highest BCUT2D eigenvalue weighted by molar-refractivity contribution is 5.81. The maximum absolute atomic E-state index is 12.5. The van der Waals surface area contributed by atoms with Crippen molar-refractivity contribution in [1.29, 1.82) is 5.26 Å². The summed E-state index contributed by atoms with van der Waals surface area (Å²) in [6, 6.07) is 4.99. The van der Waals surface area contributed by atoms with Crippen LogP contribution < -0.4 is 10.6 Å². The van der Waals surface area contributed by atoms with Gasteiger partial charge in [0.15, 0.2) is 0 Å². The summed E-state index contributed by atoms with van der Waals surface area (Å²) in [7, 11) is 0. The number of carbonyl (C=O) groups excluding carboxylic acids is 1. The van der Waals surface area contributed by atoms with Crippen LogP contribution in [0.1, 0.15) is 11.1 Å². The van der Waals surface area contributed by atoms with E-state index >= 15 is 0 Å². The van der Waals surface area contributed by atoms with E-state index in [2.05, 4.69) is 10.6 Å². The molecule has 0 saturated heterocycles. The van der Waals surface area contributed by atoms with Crippen LogP contribution in [-0.2, 0) is 11.0 Å². The highest BCUT2D eigenvalue weighted by Gasteiger charge is 2.30. The van der Waals surface area contributed by atoms with E-state index in [1.807, 2.05) is 0 Å². The number of aryl methyl sites for hydroxylation is 1. The number of hydrogen-bond acceptors (Lipinski definition) is 3. The van der Waals surface area contributed by atoms with Crippen molar-refractivity contribution in [3.8, 4) is 6.07 Å². The van der Waals surface area contributed by atoms with E-state index in [1.165, 1.54) is 6.07 Å². The summed E-state index contributed by atoms with van der Waals surface area (Å²) in [5, 5.41) is 13.2. The van der Waals surface area contributed by atoms with Gasteiger partial charge in [0.05, 0.1) is 18.2 Å². The quantitative estimate of drug-likeness (QED) is 0.824. The molecule has 0 aliphatic heterocycles. The molecule has 0 aliphatic carbocycles. The second kappa shape index (κ2) is 6.09. The summed E-state index contributed by atoms with van der Waals surface area (Å²) in [4.78, 5) is 11.2. The van der Waals surface area contributed by atoms with Crippen molar-refractivity contribution in [3.05, 3.63) is 29.3 Å². The predicted molar refractivity (Wildman–Crippen MR) is 63.3 cm³/mol. The van der Waals surface area contributed by atoms with Gasteiger partial charge in [-0.3, -0.25) is 4.79 Å². The van der Waals surface area contributed by atoms with Gasteiger partial charge in [-0.1, -0.05) is 6.07 Å². The van der Waals surface area contributed by atoms with E-state index in [0.717, 1.165) is 12.1 Å². The van der Waals surface area contributed by atoms with Crippen LogP contribution in [-0.4, -0.2) is 19.0 Å².